The molecule has 0 N–H and O–H groups in total. The zero-order valence-electron chi connectivity index (χ0n) is 29.1. The van der Waals surface area contributed by atoms with Crippen LogP contribution in [0.4, 0.5) is 0 Å². The first-order valence-corrected chi connectivity index (χ1v) is 18.5. The summed E-state index contributed by atoms with van der Waals surface area (Å²) in [7, 11) is 0. The average Bonchev–Trinajstić information content (AvgIpc) is 3.79. The summed E-state index contributed by atoms with van der Waals surface area (Å²) < 4.78 is 13.5. The summed E-state index contributed by atoms with van der Waals surface area (Å²) >= 11 is 0. The van der Waals surface area contributed by atoms with E-state index in [-0.39, 0.29) is 0 Å². The second kappa shape index (κ2) is 11.2. The summed E-state index contributed by atoms with van der Waals surface area (Å²) in [5.74, 6) is 0. The summed E-state index contributed by atoms with van der Waals surface area (Å²) in [6, 6.07) is 65.4. The van der Waals surface area contributed by atoms with Gasteiger partial charge in [0, 0.05) is 32.5 Å². The van der Waals surface area contributed by atoms with E-state index >= 15 is 0 Å². The Hall–Kier alpha value is -7.16. The molecule has 2 nitrogen and oxygen atoms in total. The number of fused-ring (bicyclic) bond motifs is 11. The van der Waals surface area contributed by atoms with Crippen molar-refractivity contribution in [1.82, 2.24) is 0 Å². The van der Waals surface area contributed by atoms with E-state index in [1.54, 1.807) is 0 Å². The largest absolute Gasteiger partial charge is 0.456 e. The first kappa shape index (κ1) is 29.4. The van der Waals surface area contributed by atoms with Gasteiger partial charge in [-0.2, -0.15) is 0 Å². The smallest absolute Gasteiger partial charge is 0.143 e. The average molecular weight is 687 g/mol. The number of furan rings is 2. The standard InChI is InChI=1S/C52H30O2/c1-2-13-32(14-3-1)48-39-18-8-10-20-41(39)49(42-21-11-9-19-40(42)48)34-24-27-46-44(29-34)38-25-23-35(30-47(38)53-46)50-36-16-6-5-15-33(36)28-45-43-26-22-31-12-4-7-17-37(31)51(43)54-52(45)50/h1-30H. The lowest BCUT2D eigenvalue weighted by atomic mass is 9.86. The van der Waals surface area contributed by atoms with Crippen molar-refractivity contribution < 1.29 is 8.83 Å². The maximum absolute atomic E-state index is 6.87. The van der Waals surface area contributed by atoms with Crippen LogP contribution in [0.3, 0.4) is 0 Å². The molecule has 0 aliphatic carbocycles. The Balaban J connectivity index is 1.08. The molecule has 0 aliphatic heterocycles. The molecule has 0 unspecified atom stereocenters. The second-order valence-electron chi connectivity index (χ2n) is 14.3. The van der Waals surface area contributed by atoms with Crippen LogP contribution >= 0.6 is 0 Å². The van der Waals surface area contributed by atoms with Crippen molar-refractivity contribution in [3.8, 4) is 33.4 Å². The van der Waals surface area contributed by atoms with Crippen molar-refractivity contribution in [2.24, 2.45) is 0 Å². The number of hydrogen-bond acceptors (Lipinski definition) is 2. The second-order valence-corrected chi connectivity index (χ2v) is 14.3. The first-order chi connectivity index (χ1) is 26.8. The van der Waals surface area contributed by atoms with Gasteiger partial charge in [0.15, 0.2) is 0 Å². The molecule has 0 fully saturated rings. The van der Waals surface area contributed by atoms with Crippen molar-refractivity contribution in [1.29, 1.82) is 0 Å². The van der Waals surface area contributed by atoms with Gasteiger partial charge in [-0.25, -0.2) is 0 Å². The van der Waals surface area contributed by atoms with E-state index in [1.165, 1.54) is 54.6 Å². The minimum atomic E-state index is 0.858. The maximum atomic E-state index is 6.87. The molecule has 0 radical (unpaired) electrons. The number of rotatable bonds is 3. The highest BCUT2D eigenvalue weighted by atomic mass is 16.3. The SMILES string of the molecule is c1ccc(-c2c3ccccc3c(-c3ccc4oc5cc(-c6c7ccccc7cc7c6oc6c8ccccc8ccc76)ccc5c4c3)c3ccccc23)cc1. The van der Waals surface area contributed by atoms with Gasteiger partial charge in [0.25, 0.3) is 0 Å². The highest BCUT2D eigenvalue weighted by Gasteiger charge is 2.21. The third-order valence-corrected chi connectivity index (χ3v) is 11.4. The van der Waals surface area contributed by atoms with Gasteiger partial charge in [-0.05, 0) is 102 Å². The molecule has 0 aliphatic rings. The Labute approximate surface area is 310 Å². The Morgan fingerprint density at radius 1 is 0.241 bits per heavy atom. The minimum Gasteiger partial charge on any atom is -0.456 e. The van der Waals surface area contributed by atoms with Gasteiger partial charge in [-0.1, -0.05) is 146 Å². The molecule has 12 rings (SSSR count). The minimum absolute atomic E-state index is 0.858. The van der Waals surface area contributed by atoms with Gasteiger partial charge >= 0.3 is 0 Å². The molecule has 0 saturated carbocycles. The van der Waals surface area contributed by atoms with Gasteiger partial charge in [0.2, 0.25) is 0 Å². The van der Waals surface area contributed by atoms with Crippen LogP contribution in [-0.4, -0.2) is 0 Å². The highest BCUT2D eigenvalue weighted by molar-refractivity contribution is 6.24. The van der Waals surface area contributed by atoms with Crippen LogP contribution in [0.5, 0.6) is 0 Å². The molecule has 2 heterocycles. The van der Waals surface area contributed by atoms with Crippen molar-refractivity contribution in [2.45, 2.75) is 0 Å². The molecule has 12 aromatic rings. The van der Waals surface area contributed by atoms with Crippen LogP contribution in [0.2, 0.25) is 0 Å². The monoisotopic (exact) mass is 686 g/mol. The van der Waals surface area contributed by atoms with E-state index in [0.717, 1.165) is 65.8 Å². The van der Waals surface area contributed by atoms with Crippen molar-refractivity contribution in [3.63, 3.8) is 0 Å². The van der Waals surface area contributed by atoms with E-state index in [9.17, 15) is 0 Å². The van der Waals surface area contributed by atoms with Crippen LogP contribution in [0.25, 0.3) is 120 Å². The van der Waals surface area contributed by atoms with Gasteiger partial charge in [-0.3, -0.25) is 0 Å². The lowest BCUT2D eigenvalue weighted by Crippen LogP contribution is -1.90. The fourth-order valence-corrected chi connectivity index (χ4v) is 9.03. The molecule has 2 heteroatoms. The van der Waals surface area contributed by atoms with Gasteiger partial charge < -0.3 is 8.83 Å². The molecule has 0 atom stereocenters. The fourth-order valence-electron chi connectivity index (χ4n) is 9.03. The van der Waals surface area contributed by atoms with Crippen molar-refractivity contribution in [2.75, 3.05) is 0 Å². The molecule has 0 bridgehead atoms. The molecule has 10 aromatic carbocycles. The summed E-state index contributed by atoms with van der Waals surface area (Å²) in [5, 5.41) is 14.1. The van der Waals surface area contributed by atoms with Crippen LogP contribution in [0, 0.1) is 0 Å². The fraction of sp³-hybridized carbons (Fsp3) is 0. The zero-order valence-corrected chi connectivity index (χ0v) is 29.1. The number of benzene rings is 10. The quantitative estimate of drug-likeness (QED) is 0.173. The van der Waals surface area contributed by atoms with Crippen LogP contribution in [-0.2, 0) is 0 Å². The van der Waals surface area contributed by atoms with E-state index in [0.29, 0.717) is 0 Å². The first-order valence-electron chi connectivity index (χ1n) is 18.5. The predicted molar refractivity (Wildman–Crippen MR) is 227 cm³/mol. The molecule has 0 amide bonds. The van der Waals surface area contributed by atoms with E-state index < -0.39 is 0 Å². The third-order valence-electron chi connectivity index (χ3n) is 11.4. The maximum Gasteiger partial charge on any atom is 0.143 e. The molecule has 2 aromatic heterocycles. The molecular formula is C52H30O2. The highest BCUT2D eigenvalue weighted by Crippen LogP contribution is 2.46. The Bertz CT molecular complexity index is 3430. The van der Waals surface area contributed by atoms with E-state index in [4.69, 9.17) is 8.83 Å². The third kappa shape index (κ3) is 4.17. The number of hydrogen-bond donors (Lipinski definition) is 0. The predicted octanol–water partition coefficient (Wildman–Crippen LogP) is 15.1. The van der Waals surface area contributed by atoms with E-state index in [2.05, 4.69) is 182 Å². The summed E-state index contributed by atoms with van der Waals surface area (Å²) in [4.78, 5) is 0. The molecule has 54 heavy (non-hydrogen) atoms. The van der Waals surface area contributed by atoms with Gasteiger partial charge in [-0.15, -0.1) is 0 Å². The summed E-state index contributed by atoms with van der Waals surface area (Å²) in [5.41, 5.74) is 10.6. The normalized spacial score (nSPS) is 12.1. The molecule has 0 saturated heterocycles. The van der Waals surface area contributed by atoms with Crippen molar-refractivity contribution in [3.05, 3.63) is 182 Å². The summed E-state index contributed by atoms with van der Waals surface area (Å²) in [6.07, 6.45) is 0. The van der Waals surface area contributed by atoms with Gasteiger partial charge in [0.05, 0.1) is 0 Å². The molecular weight excluding hydrogens is 657 g/mol. The lowest BCUT2D eigenvalue weighted by Gasteiger charge is -2.17. The molecule has 250 valence electrons. The van der Waals surface area contributed by atoms with Crippen LogP contribution < -0.4 is 0 Å². The Kier molecular flexibility index (Phi) is 6.09. The summed E-state index contributed by atoms with van der Waals surface area (Å²) in [6.45, 7) is 0. The van der Waals surface area contributed by atoms with Crippen LogP contribution in [0.15, 0.2) is 191 Å². The zero-order chi connectivity index (χ0) is 35.3. The Morgan fingerprint density at radius 2 is 0.815 bits per heavy atom. The molecule has 0 spiro atoms. The van der Waals surface area contributed by atoms with Crippen LogP contribution in [0.1, 0.15) is 0 Å². The Morgan fingerprint density at radius 3 is 1.56 bits per heavy atom. The van der Waals surface area contributed by atoms with E-state index in [1.807, 2.05) is 0 Å². The van der Waals surface area contributed by atoms with Crippen molar-refractivity contribution >= 4 is 87.0 Å². The van der Waals surface area contributed by atoms with Gasteiger partial charge in [0.1, 0.15) is 22.3 Å². The topological polar surface area (TPSA) is 26.3 Å². The lowest BCUT2D eigenvalue weighted by molar-refractivity contribution is 0.669.